The predicted octanol–water partition coefficient (Wildman–Crippen LogP) is 3.58. The van der Waals surface area contributed by atoms with Gasteiger partial charge in [-0.2, -0.15) is 0 Å². The van der Waals surface area contributed by atoms with Crippen molar-refractivity contribution in [2.45, 2.75) is 20.0 Å². The predicted molar refractivity (Wildman–Crippen MR) is 103 cm³/mol. The number of carbonyl (C=O) groups excluding carboxylic acids is 2. The zero-order valence-electron chi connectivity index (χ0n) is 13.9. The number of benzene rings is 1. The Balaban J connectivity index is 1.69. The van der Waals surface area contributed by atoms with Crippen LogP contribution in [0.25, 0.3) is 10.2 Å². The Morgan fingerprint density at radius 3 is 2.81 bits per heavy atom. The molecule has 0 bridgehead atoms. The van der Waals surface area contributed by atoms with E-state index in [1.807, 2.05) is 0 Å². The molecule has 0 aliphatic rings. The molecule has 2 heterocycles. The van der Waals surface area contributed by atoms with Crippen LogP contribution >= 0.6 is 23.6 Å². The highest BCUT2D eigenvalue weighted by molar-refractivity contribution is 7.80. The number of hydrogen-bond acceptors (Lipinski definition) is 7. The summed E-state index contributed by atoms with van der Waals surface area (Å²) in [6.45, 7) is 3.59. The summed E-state index contributed by atoms with van der Waals surface area (Å²) in [6.07, 6.45) is 1.22. The molecule has 3 aromatic rings. The lowest BCUT2D eigenvalue weighted by atomic mass is 10.2. The van der Waals surface area contributed by atoms with Crippen molar-refractivity contribution in [2.75, 3.05) is 5.32 Å². The van der Waals surface area contributed by atoms with Gasteiger partial charge in [-0.25, -0.2) is 9.78 Å². The number of esters is 1. The van der Waals surface area contributed by atoms with Crippen LogP contribution in [-0.2, 0) is 4.74 Å². The Kier molecular flexibility index (Phi) is 5.29. The van der Waals surface area contributed by atoms with Crippen molar-refractivity contribution in [1.29, 1.82) is 0 Å². The lowest BCUT2D eigenvalue weighted by Crippen LogP contribution is -2.33. The smallest absolute Gasteiger partial charge is 0.338 e. The summed E-state index contributed by atoms with van der Waals surface area (Å²) in [5, 5.41) is 5.96. The summed E-state index contributed by atoms with van der Waals surface area (Å²) in [7, 11) is 0. The molecule has 0 saturated carbocycles. The van der Waals surface area contributed by atoms with Crippen LogP contribution in [0.1, 0.15) is 34.8 Å². The molecule has 0 spiro atoms. The van der Waals surface area contributed by atoms with Crippen LogP contribution in [0, 0.1) is 0 Å². The van der Waals surface area contributed by atoms with E-state index < -0.39 is 5.91 Å². The average molecular weight is 389 g/mol. The van der Waals surface area contributed by atoms with Crippen molar-refractivity contribution in [3.05, 3.63) is 47.9 Å². The van der Waals surface area contributed by atoms with Crippen molar-refractivity contribution in [1.82, 2.24) is 10.3 Å². The Bertz CT molecular complexity index is 964. The molecular weight excluding hydrogens is 374 g/mol. The van der Waals surface area contributed by atoms with Gasteiger partial charge in [0.2, 0.25) is 0 Å². The zero-order chi connectivity index (χ0) is 18.7. The maximum atomic E-state index is 12.0. The van der Waals surface area contributed by atoms with Gasteiger partial charge in [-0.15, -0.1) is 0 Å². The van der Waals surface area contributed by atoms with Gasteiger partial charge in [-0.3, -0.25) is 10.1 Å². The van der Waals surface area contributed by atoms with Crippen LogP contribution in [0.3, 0.4) is 0 Å². The van der Waals surface area contributed by atoms with E-state index in [2.05, 4.69) is 15.6 Å². The van der Waals surface area contributed by atoms with Gasteiger partial charge >= 0.3 is 5.97 Å². The van der Waals surface area contributed by atoms with E-state index in [0.29, 0.717) is 16.2 Å². The molecule has 0 unspecified atom stereocenters. The van der Waals surface area contributed by atoms with Gasteiger partial charge in [0.25, 0.3) is 5.91 Å². The van der Waals surface area contributed by atoms with Crippen molar-refractivity contribution in [3.8, 4) is 0 Å². The number of nitrogens with zero attached hydrogens (tertiary/aromatic N) is 1. The fraction of sp³-hybridized carbons (Fsp3) is 0.176. The number of ether oxygens (including phenoxy) is 1. The van der Waals surface area contributed by atoms with Crippen molar-refractivity contribution in [3.63, 3.8) is 0 Å². The molecule has 9 heteroatoms. The minimum Gasteiger partial charge on any atom is -0.459 e. The molecule has 2 aromatic heterocycles. The number of carbonyl (C=O) groups is 2. The molecular formula is C17H15N3O4S2. The first-order valence-corrected chi connectivity index (χ1v) is 8.92. The quantitative estimate of drug-likeness (QED) is 0.520. The topological polar surface area (TPSA) is 93.5 Å². The fourth-order valence-corrected chi connectivity index (χ4v) is 3.25. The van der Waals surface area contributed by atoms with Crippen LogP contribution in [-0.4, -0.2) is 28.1 Å². The number of hydrogen-bond donors (Lipinski definition) is 2. The normalized spacial score (nSPS) is 10.7. The largest absolute Gasteiger partial charge is 0.459 e. The molecule has 0 fully saturated rings. The van der Waals surface area contributed by atoms with Crippen molar-refractivity contribution < 1.29 is 18.7 Å². The molecule has 7 nitrogen and oxygen atoms in total. The van der Waals surface area contributed by atoms with Gasteiger partial charge in [0.1, 0.15) is 0 Å². The van der Waals surface area contributed by atoms with Crippen LogP contribution in [0.4, 0.5) is 5.13 Å². The number of nitrogens with one attached hydrogen (secondary N) is 2. The third-order valence-corrected chi connectivity index (χ3v) is 4.30. The number of rotatable bonds is 4. The number of furan rings is 1. The van der Waals surface area contributed by atoms with E-state index in [1.54, 1.807) is 38.1 Å². The summed E-state index contributed by atoms with van der Waals surface area (Å²) in [5.41, 5.74) is 1.16. The van der Waals surface area contributed by atoms with E-state index in [1.165, 1.54) is 23.7 Å². The van der Waals surface area contributed by atoms with Crippen LogP contribution in [0.5, 0.6) is 0 Å². The minimum absolute atomic E-state index is 0.102. The molecule has 1 aromatic carbocycles. The summed E-state index contributed by atoms with van der Waals surface area (Å²) in [6, 6.07) is 8.26. The molecule has 134 valence electrons. The first-order valence-electron chi connectivity index (χ1n) is 7.70. The molecule has 0 saturated heterocycles. The van der Waals surface area contributed by atoms with E-state index in [0.717, 1.165) is 4.70 Å². The molecule has 0 aliphatic carbocycles. The molecule has 0 aliphatic heterocycles. The Labute approximate surface area is 158 Å². The van der Waals surface area contributed by atoms with E-state index >= 15 is 0 Å². The summed E-state index contributed by atoms with van der Waals surface area (Å²) < 4.78 is 11.0. The minimum atomic E-state index is -0.452. The van der Waals surface area contributed by atoms with Crippen LogP contribution in [0.15, 0.2) is 41.0 Å². The summed E-state index contributed by atoms with van der Waals surface area (Å²) in [4.78, 5) is 28.2. The average Bonchev–Trinajstić information content (AvgIpc) is 3.22. The Morgan fingerprint density at radius 1 is 1.31 bits per heavy atom. The highest BCUT2D eigenvalue weighted by Gasteiger charge is 2.14. The first-order chi connectivity index (χ1) is 12.4. The molecule has 3 rings (SSSR count). The number of amides is 1. The van der Waals surface area contributed by atoms with E-state index in [4.69, 9.17) is 21.4 Å². The SMILES string of the molecule is CC(C)OC(=O)c1ccc2nc(NC(=S)NC(=O)c3ccco3)sc2c1. The second-order valence-electron chi connectivity index (χ2n) is 5.54. The zero-order valence-corrected chi connectivity index (χ0v) is 15.6. The number of aromatic nitrogens is 1. The maximum absolute atomic E-state index is 12.0. The van der Waals surface area contributed by atoms with E-state index in [-0.39, 0.29) is 22.9 Å². The first kappa shape index (κ1) is 18.0. The van der Waals surface area contributed by atoms with Gasteiger partial charge < -0.3 is 14.5 Å². The highest BCUT2D eigenvalue weighted by Crippen LogP contribution is 2.27. The molecule has 0 atom stereocenters. The Morgan fingerprint density at radius 2 is 2.12 bits per heavy atom. The number of thiocarbonyl (C=S) groups is 1. The molecule has 1 amide bonds. The van der Waals surface area contributed by atoms with Gasteiger partial charge in [-0.1, -0.05) is 11.3 Å². The van der Waals surface area contributed by atoms with Crippen LogP contribution in [0.2, 0.25) is 0 Å². The fourth-order valence-electron chi connectivity index (χ4n) is 2.09. The number of anilines is 1. The monoisotopic (exact) mass is 389 g/mol. The molecule has 0 radical (unpaired) electrons. The highest BCUT2D eigenvalue weighted by atomic mass is 32.1. The third kappa shape index (κ3) is 4.24. The lowest BCUT2D eigenvalue weighted by molar-refractivity contribution is 0.0378. The third-order valence-electron chi connectivity index (χ3n) is 3.16. The van der Waals surface area contributed by atoms with Gasteiger partial charge in [0, 0.05) is 0 Å². The lowest BCUT2D eigenvalue weighted by Gasteiger charge is -2.07. The molecule has 26 heavy (non-hydrogen) atoms. The van der Waals surface area contributed by atoms with Gasteiger partial charge in [0.05, 0.1) is 28.1 Å². The number of fused-ring (bicyclic) bond motifs is 1. The van der Waals surface area contributed by atoms with Gasteiger partial charge in [-0.05, 0) is 56.4 Å². The van der Waals surface area contributed by atoms with Crippen LogP contribution < -0.4 is 10.6 Å². The second kappa shape index (κ2) is 7.63. The number of thiazole rings is 1. The maximum Gasteiger partial charge on any atom is 0.338 e. The van der Waals surface area contributed by atoms with Gasteiger partial charge in [0.15, 0.2) is 16.0 Å². The second-order valence-corrected chi connectivity index (χ2v) is 6.98. The van der Waals surface area contributed by atoms with E-state index in [9.17, 15) is 9.59 Å². The summed E-state index contributed by atoms with van der Waals surface area (Å²) in [5.74, 6) is -0.676. The van der Waals surface area contributed by atoms with Crippen molar-refractivity contribution in [2.24, 2.45) is 0 Å². The summed E-state index contributed by atoms with van der Waals surface area (Å²) >= 11 is 6.42. The molecule has 2 N–H and O–H groups in total. The Hall–Kier alpha value is -2.78. The van der Waals surface area contributed by atoms with Crippen molar-refractivity contribution >= 4 is 55.9 Å². The standard InChI is InChI=1S/C17H15N3O4S2/c1-9(2)24-15(22)10-5-6-11-13(8-10)26-17(18-11)20-16(25)19-14(21)12-4-3-7-23-12/h3-9H,1-2H3,(H2,18,19,20,21,25).